The van der Waals surface area contributed by atoms with Gasteiger partial charge in [0.05, 0.1) is 20.4 Å². The van der Waals surface area contributed by atoms with Gasteiger partial charge in [0.25, 0.3) is 0 Å². The molecule has 0 saturated heterocycles. The normalized spacial score (nSPS) is 16.2. The van der Waals surface area contributed by atoms with Gasteiger partial charge in [-0.2, -0.15) is 4.58 Å². The topological polar surface area (TPSA) is 117 Å². The maximum Gasteiger partial charge on any atom is 1.00 e. The molecule has 0 spiro atoms. The van der Waals surface area contributed by atoms with Crippen molar-refractivity contribution in [2.45, 2.75) is 37.5 Å². The molecule has 0 radical (unpaired) electrons. The van der Waals surface area contributed by atoms with E-state index in [0.29, 0.717) is 11.9 Å². The Morgan fingerprint density at radius 3 is 2.25 bits per heavy atom. The molecule has 0 fully saturated rings. The first-order valence-corrected chi connectivity index (χ1v) is 11.4. The molecular formula is C18H20NNaO6S2. The summed E-state index contributed by atoms with van der Waals surface area (Å²) in [7, 11) is -8.80. The van der Waals surface area contributed by atoms with Crippen LogP contribution in [-0.2, 0) is 25.7 Å². The molecular weight excluding hydrogens is 413 g/mol. The van der Waals surface area contributed by atoms with Crippen LogP contribution in [0.2, 0.25) is 0 Å². The summed E-state index contributed by atoms with van der Waals surface area (Å²) in [5.74, 6) is -0.426. The van der Waals surface area contributed by atoms with E-state index in [1.54, 1.807) is 12.1 Å². The van der Waals surface area contributed by atoms with Crippen LogP contribution in [-0.4, -0.2) is 48.5 Å². The van der Waals surface area contributed by atoms with Crippen molar-refractivity contribution < 1.29 is 60.1 Å². The van der Waals surface area contributed by atoms with Crippen molar-refractivity contribution in [1.29, 1.82) is 0 Å². The molecule has 0 saturated carbocycles. The van der Waals surface area contributed by atoms with Gasteiger partial charge in [0.1, 0.15) is 16.7 Å². The van der Waals surface area contributed by atoms with Gasteiger partial charge in [0.2, 0.25) is 5.69 Å². The second kappa shape index (κ2) is 7.79. The van der Waals surface area contributed by atoms with Gasteiger partial charge in [0.15, 0.2) is 5.71 Å². The Labute approximate surface area is 187 Å². The van der Waals surface area contributed by atoms with Crippen LogP contribution in [0.4, 0.5) is 5.69 Å². The molecule has 2 aromatic rings. The van der Waals surface area contributed by atoms with Gasteiger partial charge in [0, 0.05) is 30.7 Å². The van der Waals surface area contributed by atoms with E-state index in [1.165, 1.54) is 12.1 Å². The number of hydrogen-bond donors (Lipinski definition) is 0. The molecule has 3 rings (SSSR count). The Hall–Kier alpha value is -0.810. The van der Waals surface area contributed by atoms with Crippen LogP contribution in [0.5, 0.6) is 0 Å². The molecule has 1 heterocycles. The molecule has 7 nitrogen and oxygen atoms in total. The van der Waals surface area contributed by atoms with Crippen LogP contribution >= 0.6 is 0 Å². The third kappa shape index (κ3) is 4.35. The quantitative estimate of drug-likeness (QED) is 0.342. The fourth-order valence-electron chi connectivity index (χ4n) is 3.72. The summed E-state index contributed by atoms with van der Waals surface area (Å²) in [6.45, 7) is 6.41. The zero-order valence-corrected chi connectivity index (χ0v) is 19.9. The minimum atomic E-state index is -4.54. The summed E-state index contributed by atoms with van der Waals surface area (Å²) in [4.78, 5) is -0.274. The van der Waals surface area contributed by atoms with Crippen molar-refractivity contribution in [2.75, 3.05) is 12.3 Å². The third-order valence-electron chi connectivity index (χ3n) is 5.26. The Bertz CT molecular complexity index is 1180. The molecule has 1 aliphatic heterocycles. The number of rotatable bonds is 5. The molecule has 0 atom stereocenters. The van der Waals surface area contributed by atoms with Gasteiger partial charge >= 0.3 is 29.6 Å². The van der Waals surface area contributed by atoms with Crippen molar-refractivity contribution in [3.63, 3.8) is 0 Å². The Kier molecular flexibility index (Phi) is 6.53. The van der Waals surface area contributed by atoms with E-state index in [9.17, 15) is 25.9 Å². The van der Waals surface area contributed by atoms with E-state index < -0.39 is 26.0 Å². The van der Waals surface area contributed by atoms with E-state index in [-0.39, 0.29) is 46.3 Å². The molecule has 0 aromatic heterocycles. The SMILES string of the molecule is CC1=[N+](CCCS(=O)(=O)[O-])c2ccc3cc(S(=O)(=O)[O-])ccc3c2C1(C)C.[Na+]. The number of fused-ring (bicyclic) bond motifs is 3. The van der Waals surface area contributed by atoms with Crippen LogP contribution in [0.1, 0.15) is 32.8 Å². The van der Waals surface area contributed by atoms with Gasteiger partial charge in [-0.15, -0.1) is 0 Å². The molecule has 0 amide bonds. The average Bonchev–Trinajstić information content (AvgIpc) is 2.73. The zero-order chi connectivity index (χ0) is 20.2. The summed E-state index contributed by atoms with van der Waals surface area (Å²) >= 11 is 0. The Morgan fingerprint density at radius 1 is 1.04 bits per heavy atom. The summed E-state index contributed by atoms with van der Waals surface area (Å²) in [5.41, 5.74) is 2.51. The van der Waals surface area contributed by atoms with Crippen molar-refractivity contribution in [2.24, 2.45) is 0 Å². The number of nitrogens with zero attached hydrogens (tertiary/aromatic N) is 1. The van der Waals surface area contributed by atoms with Gasteiger partial charge in [-0.3, -0.25) is 0 Å². The fourth-order valence-corrected chi connectivity index (χ4v) is 4.71. The molecule has 146 valence electrons. The van der Waals surface area contributed by atoms with E-state index in [4.69, 9.17) is 0 Å². The van der Waals surface area contributed by atoms with E-state index in [0.717, 1.165) is 22.3 Å². The second-order valence-corrected chi connectivity index (χ2v) is 10.2. The number of benzene rings is 2. The molecule has 0 bridgehead atoms. The Balaban J connectivity index is 0.00000280. The fraction of sp³-hybridized carbons (Fsp3) is 0.389. The summed E-state index contributed by atoms with van der Waals surface area (Å²) in [6, 6.07) is 7.90. The summed E-state index contributed by atoms with van der Waals surface area (Å²) < 4.78 is 68.6. The second-order valence-electron chi connectivity index (χ2n) is 7.27. The molecule has 28 heavy (non-hydrogen) atoms. The predicted octanol–water partition coefficient (Wildman–Crippen LogP) is -0.921. The van der Waals surface area contributed by atoms with Gasteiger partial charge in [-0.25, -0.2) is 16.8 Å². The maximum atomic E-state index is 11.3. The molecule has 0 unspecified atom stereocenters. The molecule has 0 aliphatic carbocycles. The van der Waals surface area contributed by atoms with E-state index >= 15 is 0 Å². The van der Waals surface area contributed by atoms with Crippen molar-refractivity contribution in [3.8, 4) is 0 Å². The zero-order valence-electron chi connectivity index (χ0n) is 16.2. The first kappa shape index (κ1) is 23.5. The van der Waals surface area contributed by atoms with E-state index in [1.807, 2.05) is 31.4 Å². The largest absolute Gasteiger partial charge is 1.00 e. The van der Waals surface area contributed by atoms with Gasteiger partial charge < -0.3 is 9.11 Å². The first-order chi connectivity index (χ1) is 12.3. The van der Waals surface area contributed by atoms with Crippen LogP contribution in [0.15, 0.2) is 35.2 Å². The molecule has 0 N–H and O–H groups in total. The molecule has 2 aromatic carbocycles. The van der Waals surface area contributed by atoms with Crippen LogP contribution < -0.4 is 29.6 Å². The molecule has 10 heteroatoms. The molecule has 1 aliphatic rings. The van der Waals surface area contributed by atoms with Crippen LogP contribution in [0.25, 0.3) is 10.8 Å². The maximum absolute atomic E-state index is 11.3. The minimum Gasteiger partial charge on any atom is -0.748 e. The van der Waals surface area contributed by atoms with Crippen LogP contribution in [0.3, 0.4) is 0 Å². The standard InChI is InChI=1S/C18H21NO6S2.Na/c1-12-18(2,3)17-15-7-6-14(27(23,24)25)11-13(15)5-8-16(17)19(12)9-4-10-26(20,21)22;/h5-8,11H,4,9-10H2,1-3H3,(H-,20,21,22,23,24,25);/q;+1/p-1. The Morgan fingerprint density at radius 2 is 1.68 bits per heavy atom. The van der Waals surface area contributed by atoms with Crippen molar-refractivity contribution in [3.05, 3.63) is 35.9 Å². The minimum absolute atomic E-state index is 0. The smallest absolute Gasteiger partial charge is 0.748 e. The monoisotopic (exact) mass is 433 g/mol. The third-order valence-corrected chi connectivity index (χ3v) is 6.88. The van der Waals surface area contributed by atoms with Gasteiger partial charge in [-0.05, 0) is 42.8 Å². The van der Waals surface area contributed by atoms with Crippen molar-refractivity contribution in [1.82, 2.24) is 0 Å². The van der Waals surface area contributed by atoms with E-state index in [2.05, 4.69) is 0 Å². The van der Waals surface area contributed by atoms with Gasteiger partial charge in [-0.1, -0.05) is 6.07 Å². The summed E-state index contributed by atoms with van der Waals surface area (Å²) in [5, 5.41) is 1.48. The summed E-state index contributed by atoms with van der Waals surface area (Å²) in [6.07, 6.45) is 0.212. The number of hydrogen-bond acceptors (Lipinski definition) is 6. The first-order valence-electron chi connectivity index (χ1n) is 8.40. The van der Waals surface area contributed by atoms with Crippen LogP contribution in [0, 0.1) is 0 Å². The van der Waals surface area contributed by atoms with Crippen molar-refractivity contribution >= 4 is 42.4 Å². The predicted molar refractivity (Wildman–Crippen MR) is 99.6 cm³/mol. The average molecular weight is 433 g/mol.